The SMILES string of the molecule is CCN(CC(=O)NCCOCCOCCOCCOCCOCCOCCOCCNC(=O)[C@H](CCCNC(N)=O)NC(=O)[C@@H](NC(=O)[C@H](CCCCN)NC(C)=O)C(C)C)[C@H]1CO[C@@H](O[C@H]2[C@H](O[C@H]3C#CC=CC#C[C@]4(O)CC(=O)C(NC(=O)OC)=C3/C4=C\CSSC(C)C)O[C@H](C)[C@@H](NO[C@H]3C[C@H](O)[C@H]([SH]=C(O)c4c(C)c(I)c(O[C@@H]5O[C@@H](C)[C@H](O)[C@@H](OC)[C@H]5O)c(OC)c4OC)[C@@H](C)O3)[C@@H]2O)C[C@@H]1OC. The second-order valence-electron chi connectivity index (χ2n) is 34.7. The smallest absolute Gasteiger partial charge is 0.411 e. The zero-order valence-corrected chi connectivity index (χ0v) is 88.8. The molecule has 49 heteroatoms. The number of ether oxygens (including phenoxy) is 19. The number of nitrogens with two attached hydrogens (primary N) is 2. The number of carbonyl (C=O) groups is 8. The van der Waals surface area contributed by atoms with Crippen molar-refractivity contribution >= 4 is 108 Å². The van der Waals surface area contributed by atoms with Crippen LogP contribution in [0.1, 0.15) is 125 Å². The fourth-order valence-electron chi connectivity index (χ4n) is 16.1. The fourth-order valence-corrected chi connectivity index (χ4v) is 19.9. The molecule has 8 amide bonds. The van der Waals surface area contributed by atoms with E-state index >= 15 is 0 Å². The number of aliphatic hydroxyl groups excluding tert-OH is 5. The number of nitrogens with zero attached hydrogens (tertiary/aromatic N) is 1. The molecule has 22 atom stereocenters. The van der Waals surface area contributed by atoms with Crippen molar-refractivity contribution in [1.82, 2.24) is 47.6 Å². The normalized spacial score (nSPS) is 26.5. The van der Waals surface area contributed by atoms with Crippen LogP contribution in [0.3, 0.4) is 0 Å². The number of nitrogens with one attached hydrogen (secondary N) is 8. The number of hydroxylamine groups is 1. The Labute approximate surface area is 861 Å². The first-order valence-electron chi connectivity index (χ1n) is 47.9. The lowest BCUT2D eigenvalue weighted by Gasteiger charge is -2.47. The van der Waals surface area contributed by atoms with E-state index in [0.717, 1.165) is 7.11 Å². The number of carbonyl (C=O) groups excluding carboxylic acids is 8. The van der Waals surface area contributed by atoms with Gasteiger partial charge in [-0.2, -0.15) is 16.8 Å². The molecular weight excluding hydrogens is 2050 g/mol. The van der Waals surface area contributed by atoms with Crippen LogP contribution in [0.4, 0.5) is 9.59 Å². The molecule has 1 aromatic carbocycles. The molecule has 4 heterocycles. The molecule has 4 fully saturated rings. The van der Waals surface area contributed by atoms with E-state index < -0.39 is 181 Å². The average molecular weight is 2200 g/mol. The Kier molecular flexibility index (Phi) is 56.1. The number of allylic oxidation sites excluding steroid dienone is 3. The summed E-state index contributed by atoms with van der Waals surface area (Å²) in [4.78, 5) is 113. The summed E-state index contributed by atoms with van der Waals surface area (Å²) in [6.07, 6.45) is -13.3. The maximum absolute atomic E-state index is 14.4. The number of unbranched alkanes of at least 4 members (excludes halogenated alkanes) is 1. The summed E-state index contributed by atoms with van der Waals surface area (Å²) >= 11 is 2.23. The Balaban J connectivity index is 0.858. The first-order valence-corrected chi connectivity index (χ1v) is 52.3. The number of likely N-dealkylation sites (N-methyl/N-ethyl adjacent to an activating group) is 1. The molecular formula is C94H150IN11O34S3. The van der Waals surface area contributed by atoms with Crippen molar-refractivity contribution in [3.8, 4) is 40.9 Å². The molecule has 18 N–H and O–H groups in total. The van der Waals surface area contributed by atoms with Gasteiger partial charge in [0.1, 0.15) is 59.8 Å². The molecule has 4 saturated heterocycles. The van der Waals surface area contributed by atoms with Gasteiger partial charge >= 0.3 is 12.1 Å². The standard InChI is InChI=1S/C94H150IN11O34S3/c1-16-106(51-68(110)98-31-33-126-35-37-128-39-41-130-43-45-132-46-44-131-42-40-129-38-36-127-34-32-99-86(114)61(25-23-30-100-92(97)118)102-88(116)74(53(2)3)103-87(115)62(101-59(10)107)24-20-22-29-96)63-52-133-69(49-67(63)121-11)138-83-78(112)75(56(7)135-91(83)137-66-26-19-17-18-21-28-94(120)50-65(109)76(104-93(119)125-15)72(66)60(94)27-47-141-143-54(4)5)105-140-70-48-64(108)85(58(9)134-70)142-89(117)71-55(6)73(95)81(84(124-14)80(71)122-12)139-90-79(113)82(123-13)77(111)57(8)136-90/h17-18,27,53-54,56-58,61-64,66-67,69-70,74-75,77-79,82-83,85,90-91,105,108,111-113,117,120,142H,16,20,22-25,29-52,96H2,1-15H3,(H,98,110)(H,99,114)(H,101,107)(H,102,116)(H,103,115)(H,104,119)(H3,97,100,118)/b18-17?,60-27+/t56-,57+,58-,61+,62+,63+,64+,66+,67+,69+,70+,74+,75-,77+,78+,79-,82-,83-,85-,90+,91+,94+/m1/s1. The number of ketones is 1. The third kappa shape index (κ3) is 39.2. The lowest BCUT2D eigenvalue weighted by Crippen LogP contribution is -2.65. The van der Waals surface area contributed by atoms with Crippen LogP contribution in [-0.4, -0.2) is 406 Å². The average Bonchev–Trinajstić information content (AvgIpc) is 0.744. The Morgan fingerprint density at radius 3 is 1.87 bits per heavy atom. The molecule has 45 nitrogen and oxygen atoms in total. The van der Waals surface area contributed by atoms with Crippen LogP contribution in [0.2, 0.25) is 0 Å². The number of Topliss-reactive ketones (excluding diaryl/α,β-unsaturated/α-hetero) is 1. The summed E-state index contributed by atoms with van der Waals surface area (Å²) < 4.78 is 114. The van der Waals surface area contributed by atoms with Crippen LogP contribution in [0.15, 0.2) is 35.1 Å². The van der Waals surface area contributed by atoms with Crippen molar-refractivity contribution in [2.45, 2.75) is 259 Å². The highest BCUT2D eigenvalue weighted by Gasteiger charge is 2.53. The number of primary amides is 1. The van der Waals surface area contributed by atoms with Gasteiger partial charge < -0.3 is 164 Å². The van der Waals surface area contributed by atoms with Crippen molar-refractivity contribution < 1.29 is 164 Å². The third-order valence-electron chi connectivity index (χ3n) is 23.6. The van der Waals surface area contributed by atoms with Crippen LogP contribution >= 0.6 is 55.5 Å². The third-order valence-corrected chi connectivity index (χ3v) is 29.2. The van der Waals surface area contributed by atoms with Gasteiger partial charge in [-0.15, -0.1) is 0 Å². The number of alkyl carbamates (subject to hydrolysis) is 1. The van der Waals surface area contributed by atoms with E-state index in [0.29, 0.717) is 101 Å². The van der Waals surface area contributed by atoms with Gasteiger partial charge in [-0.3, -0.25) is 43.8 Å². The number of amides is 8. The summed E-state index contributed by atoms with van der Waals surface area (Å²) in [7, 11) is 9.78. The van der Waals surface area contributed by atoms with E-state index in [9.17, 15) is 69.0 Å². The number of hydrogen-bond acceptors (Lipinski definition) is 38. The summed E-state index contributed by atoms with van der Waals surface area (Å²) in [6.45, 7) is 22.5. The maximum Gasteiger partial charge on any atom is 0.411 e. The monoisotopic (exact) mass is 2200 g/mol. The quantitative estimate of drug-likeness (QED) is 0.00813. The minimum atomic E-state index is -2.13. The van der Waals surface area contributed by atoms with E-state index in [-0.39, 0.29) is 171 Å². The van der Waals surface area contributed by atoms with Crippen molar-refractivity contribution in [2.24, 2.45) is 17.4 Å². The number of benzene rings is 1. The lowest BCUT2D eigenvalue weighted by molar-refractivity contribution is -0.337. The van der Waals surface area contributed by atoms with Gasteiger partial charge in [-0.05, 0) is 119 Å². The van der Waals surface area contributed by atoms with E-state index in [1.165, 1.54) is 58.3 Å². The maximum atomic E-state index is 14.4. The number of methoxy groups -OCH3 is 5. The first kappa shape index (κ1) is 123. The highest BCUT2D eigenvalue weighted by Crippen LogP contribution is 2.49. The van der Waals surface area contributed by atoms with Crippen LogP contribution < -0.4 is 68.4 Å². The topological polar surface area (TPSA) is 594 Å². The van der Waals surface area contributed by atoms with Crippen molar-refractivity contribution in [3.05, 3.63) is 49.8 Å². The molecule has 7 rings (SSSR count). The van der Waals surface area contributed by atoms with Crippen LogP contribution in [0.5, 0.6) is 17.2 Å². The number of urea groups is 1. The van der Waals surface area contributed by atoms with Crippen molar-refractivity contribution in [2.75, 3.05) is 180 Å². The van der Waals surface area contributed by atoms with Gasteiger partial charge in [0.15, 0.2) is 41.8 Å². The van der Waals surface area contributed by atoms with Gasteiger partial charge in [0.05, 0.1) is 196 Å². The Morgan fingerprint density at radius 2 is 1.29 bits per heavy atom. The molecule has 6 aliphatic rings. The Hall–Kier alpha value is -6.83. The number of halogens is 1. The van der Waals surface area contributed by atoms with Crippen LogP contribution in [0.25, 0.3) is 0 Å². The molecule has 0 saturated carbocycles. The number of fused-ring (bicyclic) bond motifs is 2. The van der Waals surface area contributed by atoms with E-state index in [2.05, 4.69) is 66.4 Å². The summed E-state index contributed by atoms with van der Waals surface area (Å²) in [5, 5.41) is 89.4. The summed E-state index contributed by atoms with van der Waals surface area (Å²) in [5.74, 6) is 8.65. The predicted octanol–water partition coefficient (Wildman–Crippen LogP) is 0.724. The van der Waals surface area contributed by atoms with Crippen molar-refractivity contribution in [3.63, 3.8) is 0 Å². The number of hydrogen-bond donors (Lipinski definition) is 17. The fraction of sp³-hybridized carbons (Fsp3) is 0.734. The second-order valence-corrected chi connectivity index (χ2v) is 40.1. The summed E-state index contributed by atoms with van der Waals surface area (Å²) in [5.41, 5.74) is 12.1. The van der Waals surface area contributed by atoms with Gasteiger partial charge in [-0.1, -0.05) is 86.0 Å². The number of aliphatic hydroxyl groups is 6. The highest BCUT2D eigenvalue weighted by molar-refractivity contribution is 14.1. The summed E-state index contributed by atoms with van der Waals surface area (Å²) in [6, 6.07) is -5.36. The zero-order valence-electron chi connectivity index (χ0n) is 84.1. The molecule has 0 unspecified atom stereocenters. The first-order chi connectivity index (χ1) is 68.5. The van der Waals surface area contributed by atoms with Gasteiger partial charge in [0.25, 0.3) is 0 Å². The molecule has 0 radical (unpaired) electrons. The lowest BCUT2D eigenvalue weighted by atomic mass is 9.75. The molecule has 0 aromatic heterocycles. The van der Waals surface area contributed by atoms with E-state index in [1.54, 1.807) is 58.4 Å². The molecule has 4 aliphatic heterocycles. The Morgan fingerprint density at radius 1 is 0.685 bits per heavy atom. The minimum absolute atomic E-state index is 0.0336. The van der Waals surface area contributed by atoms with Gasteiger partial charge in [0, 0.05) is 75.8 Å². The number of thiol groups is 1. The molecule has 1 aromatic rings. The highest BCUT2D eigenvalue weighted by atomic mass is 127. The van der Waals surface area contributed by atoms with Crippen molar-refractivity contribution in [1.29, 1.82) is 0 Å². The molecule has 810 valence electrons. The second kappa shape index (κ2) is 65.2. The molecule has 0 spiro atoms. The predicted molar refractivity (Wildman–Crippen MR) is 536 cm³/mol. The molecule has 2 aliphatic carbocycles. The van der Waals surface area contributed by atoms with Gasteiger partial charge in [-0.25, -0.2) is 9.59 Å². The number of rotatable bonds is 63. The largest absolute Gasteiger partial charge is 0.492 e. The van der Waals surface area contributed by atoms with Crippen LogP contribution in [-0.2, 0) is 109 Å². The minimum Gasteiger partial charge on any atom is -0.492 e. The Bertz CT molecular complexity index is 4430. The van der Waals surface area contributed by atoms with Crippen LogP contribution in [0, 0.1) is 40.1 Å². The molecule has 2 bridgehead atoms. The van der Waals surface area contributed by atoms with E-state index in [1.807, 2.05) is 48.3 Å². The zero-order chi connectivity index (χ0) is 105. The van der Waals surface area contributed by atoms with Gasteiger partial charge in [0.2, 0.25) is 41.6 Å². The van der Waals surface area contributed by atoms with E-state index in [4.69, 9.17) is 106 Å². The molecule has 143 heavy (non-hydrogen) atoms.